The summed E-state index contributed by atoms with van der Waals surface area (Å²) in [5.74, 6) is 0.455. The minimum atomic E-state index is -0.213. The first-order chi connectivity index (χ1) is 15.0. The molecule has 0 unspecified atom stereocenters. The van der Waals surface area contributed by atoms with Crippen LogP contribution < -0.4 is 10.9 Å². The normalized spacial score (nSPS) is 11.5. The van der Waals surface area contributed by atoms with Crippen molar-refractivity contribution >= 4 is 45.4 Å². The smallest absolute Gasteiger partial charge is 0.297 e. The van der Waals surface area contributed by atoms with Crippen molar-refractivity contribution in [3.63, 3.8) is 0 Å². The van der Waals surface area contributed by atoms with Gasteiger partial charge in [0.25, 0.3) is 5.56 Å². The molecule has 0 saturated heterocycles. The summed E-state index contributed by atoms with van der Waals surface area (Å²) < 4.78 is 7.37. The van der Waals surface area contributed by atoms with Gasteiger partial charge in [0.15, 0.2) is 5.16 Å². The zero-order valence-corrected chi connectivity index (χ0v) is 18.7. The van der Waals surface area contributed by atoms with Crippen LogP contribution in [0.15, 0.2) is 62.9 Å². The van der Waals surface area contributed by atoms with Crippen molar-refractivity contribution in [2.24, 2.45) is 0 Å². The van der Waals surface area contributed by atoms with E-state index in [9.17, 15) is 9.59 Å². The Hall–Kier alpha value is -3.06. The molecule has 1 N–H and O–H groups in total. The Morgan fingerprint density at radius 1 is 1.16 bits per heavy atom. The fourth-order valence-electron chi connectivity index (χ4n) is 3.46. The number of rotatable bonds is 7. The van der Waals surface area contributed by atoms with Crippen molar-refractivity contribution in [1.82, 2.24) is 9.55 Å². The Labute approximate surface area is 184 Å². The molecule has 4 aromatic rings. The number of furan rings is 1. The molecule has 6 nitrogen and oxygen atoms in total. The van der Waals surface area contributed by atoms with Gasteiger partial charge in [-0.1, -0.05) is 56.8 Å². The Bertz CT molecular complexity index is 1290. The number of carbonyl (C=O) groups is 1. The maximum Gasteiger partial charge on any atom is 0.297 e. The molecule has 0 aliphatic carbocycles. The van der Waals surface area contributed by atoms with Crippen LogP contribution in [0.3, 0.4) is 0 Å². The zero-order chi connectivity index (χ0) is 22.0. The standard InChI is InChI=1S/C24H25N3O3S/c1-4-13-27-23(29)22-21(18-7-5-6-8-19(18)30-22)26-24(27)31-14-20(28)25-17-11-9-16(10-12-17)15(2)3/h5-12,15H,4,13-14H2,1-3H3,(H,25,28). The van der Waals surface area contributed by atoms with E-state index in [1.807, 2.05) is 55.5 Å². The molecule has 2 heterocycles. The van der Waals surface area contributed by atoms with Gasteiger partial charge in [0, 0.05) is 17.6 Å². The number of nitrogens with one attached hydrogen (secondary N) is 1. The van der Waals surface area contributed by atoms with Crippen LogP contribution in [0.25, 0.3) is 22.1 Å². The molecule has 0 radical (unpaired) electrons. The number of aromatic nitrogens is 2. The second-order valence-electron chi connectivity index (χ2n) is 7.74. The van der Waals surface area contributed by atoms with E-state index >= 15 is 0 Å². The van der Waals surface area contributed by atoms with E-state index < -0.39 is 0 Å². The Morgan fingerprint density at radius 2 is 1.90 bits per heavy atom. The lowest BCUT2D eigenvalue weighted by Gasteiger charge is -2.11. The van der Waals surface area contributed by atoms with Gasteiger partial charge >= 0.3 is 0 Å². The third-order valence-electron chi connectivity index (χ3n) is 5.09. The van der Waals surface area contributed by atoms with Gasteiger partial charge in [0.2, 0.25) is 11.5 Å². The van der Waals surface area contributed by atoms with Crippen LogP contribution in [0.2, 0.25) is 0 Å². The molecule has 31 heavy (non-hydrogen) atoms. The number of thioether (sulfide) groups is 1. The summed E-state index contributed by atoms with van der Waals surface area (Å²) in [6, 6.07) is 15.3. The van der Waals surface area contributed by atoms with Crippen molar-refractivity contribution in [2.75, 3.05) is 11.1 Å². The number of benzene rings is 2. The SMILES string of the molecule is CCCn1c(SCC(=O)Nc2ccc(C(C)C)cc2)nc2c(oc3ccccc32)c1=O. The molecule has 2 aromatic carbocycles. The minimum absolute atomic E-state index is 0.142. The largest absolute Gasteiger partial charge is 0.448 e. The highest BCUT2D eigenvalue weighted by Gasteiger charge is 2.18. The van der Waals surface area contributed by atoms with Gasteiger partial charge in [0.05, 0.1) is 5.75 Å². The molecular formula is C24H25N3O3S. The first-order valence-corrected chi connectivity index (χ1v) is 11.4. The minimum Gasteiger partial charge on any atom is -0.448 e. The topological polar surface area (TPSA) is 77.1 Å². The average Bonchev–Trinajstić information content (AvgIpc) is 3.14. The van der Waals surface area contributed by atoms with Gasteiger partial charge in [-0.2, -0.15) is 0 Å². The molecule has 0 atom stereocenters. The fourth-order valence-corrected chi connectivity index (χ4v) is 4.28. The van der Waals surface area contributed by atoms with E-state index in [0.717, 1.165) is 17.5 Å². The number of anilines is 1. The summed E-state index contributed by atoms with van der Waals surface area (Å²) in [5, 5.41) is 4.24. The van der Waals surface area contributed by atoms with E-state index in [-0.39, 0.29) is 22.8 Å². The van der Waals surface area contributed by atoms with Crippen molar-refractivity contribution < 1.29 is 9.21 Å². The molecule has 0 aliphatic rings. The number of para-hydroxylation sites is 1. The Kier molecular flexibility index (Phi) is 6.13. The van der Waals surface area contributed by atoms with Crippen molar-refractivity contribution in [1.29, 1.82) is 0 Å². The molecule has 2 aromatic heterocycles. The molecule has 4 rings (SSSR count). The highest BCUT2D eigenvalue weighted by atomic mass is 32.2. The summed E-state index contributed by atoms with van der Waals surface area (Å²) in [7, 11) is 0. The predicted molar refractivity (Wildman–Crippen MR) is 126 cm³/mol. The second-order valence-corrected chi connectivity index (χ2v) is 8.68. The lowest BCUT2D eigenvalue weighted by molar-refractivity contribution is -0.113. The molecule has 0 aliphatic heterocycles. The molecule has 7 heteroatoms. The van der Waals surface area contributed by atoms with E-state index in [0.29, 0.717) is 28.7 Å². The maximum atomic E-state index is 13.0. The van der Waals surface area contributed by atoms with Crippen molar-refractivity contribution in [3.8, 4) is 0 Å². The fraction of sp³-hybridized carbons (Fsp3) is 0.292. The molecule has 0 saturated carbocycles. The summed E-state index contributed by atoms with van der Waals surface area (Å²) >= 11 is 1.26. The number of amides is 1. The van der Waals surface area contributed by atoms with Crippen LogP contribution in [-0.2, 0) is 11.3 Å². The van der Waals surface area contributed by atoms with Crippen LogP contribution in [0.5, 0.6) is 0 Å². The van der Waals surface area contributed by atoms with Gasteiger partial charge < -0.3 is 9.73 Å². The number of carbonyl (C=O) groups excluding carboxylic acids is 1. The summed E-state index contributed by atoms with van der Waals surface area (Å²) in [5.41, 5.74) is 3.20. The summed E-state index contributed by atoms with van der Waals surface area (Å²) in [4.78, 5) is 30.3. The predicted octanol–water partition coefficient (Wildman–Crippen LogP) is 5.41. The monoisotopic (exact) mass is 435 g/mol. The number of fused-ring (bicyclic) bond motifs is 3. The highest BCUT2D eigenvalue weighted by molar-refractivity contribution is 7.99. The number of nitrogens with zero attached hydrogens (tertiary/aromatic N) is 2. The summed E-state index contributed by atoms with van der Waals surface area (Å²) in [6.45, 7) is 6.77. The maximum absolute atomic E-state index is 13.0. The van der Waals surface area contributed by atoms with E-state index in [1.165, 1.54) is 17.3 Å². The highest BCUT2D eigenvalue weighted by Crippen LogP contribution is 2.27. The van der Waals surface area contributed by atoms with E-state index in [1.54, 1.807) is 4.57 Å². The van der Waals surface area contributed by atoms with Crippen molar-refractivity contribution in [2.45, 2.75) is 44.8 Å². The Morgan fingerprint density at radius 3 is 2.61 bits per heavy atom. The first kappa shape index (κ1) is 21.2. The molecule has 1 amide bonds. The molecule has 0 bridgehead atoms. The number of hydrogen-bond donors (Lipinski definition) is 1. The van der Waals surface area contributed by atoms with Gasteiger partial charge in [-0.15, -0.1) is 0 Å². The van der Waals surface area contributed by atoms with Gasteiger partial charge in [-0.05, 0) is 42.2 Å². The Balaban J connectivity index is 1.58. The second kappa shape index (κ2) is 8.98. The van der Waals surface area contributed by atoms with Crippen LogP contribution in [-0.4, -0.2) is 21.2 Å². The van der Waals surface area contributed by atoms with Crippen molar-refractivity contribution in [3.05, 3.63) is 64.4 Å². The zero-order valence-electron chi connectivity index (χ0n) is 17.8. The van der Waals surface area contributed by atoms with Gasteiger partial charge in [-0.25, -0.2) is 4.98 Å². The van der Waals surface area contributed by atoms with Crippen LogP contribution >= 0.6 is 11.8 Å². The molecular weight excluding hydrogens is 410 g/mol. The molecule has 0 spiro atoms. The number of hydrogen-bond acceptors (Lipinski definition) is 5. The average molecular weight is 436 g/mol. The lowest BCUT2D eigenvalue weighted by atomic mass is 10.0. The van der Waals surface area contributed by atoms with Crippen LogP contribution in [0.4, 0.5) is 5.69 Å². The van der Waals surface area contributed by atoms with Crippen LogP contribution in [0.1, 0.15) is 38.7 Å². The van der Waals surface area contributed by atoms with Crippen LogP contribution in [0, 0.1) is 0 Å². The van der Waals surface area contributed by atoms with Gasteiger partial charge in [-0.3, -0.25) is 14.2 Å². The summed E-state index contributed by atoms with van der Waals surface area (Å²) in [6.07, 6.45) is 0.773. The molecule has 0 fully saturated rings. The third-order valence-corrected chi connectivity index (χ3v) is 6.06. The van der Waals surface area contributed by atoms with E-state index in [4.69, 9.17) is 9.40 Å². The van der Waals surface area contributed by atoms with E-state index in [2.05, 4.69) is 19.2 Å². The lowest BCUT2D eigenvalue weighted by Crippen LogP contribution is -2.23. The first-order valence-electron chi connectivity index (χ1n) is 10.4. The molecule has 160 valence electrons. The quantitative estimate of drug-likeness (QED) is 0.310. The third kappa shape index (κ3) is 4.37. The van der Waals surface area contributed by atoms with Gasteiger partial charge in [0.1, 0.15) is 11.1 Å².